The number of hydrogen-bond acceptors (Lipinski definition) is 6. The van der Waals surface area contributed by atoms with Crippen LogP contribution in [-0.2, 0) is 6.61 Å². The summed E-state index contributed by atoms with van der Waals surface area (Å²) >= 11 is 12.7. The number of aromatic carboxylic acids is 1. The second kappa shape index (κ2) is 10.2. The molecule has 5 rings (SSSR count). The molecular weight excluding hydrogens is 513 g/mol. The van der Waals surface area contributed by atoms with Crippen molar-refractivity contribution in [3.05, 3.63) is 94.1 Å². The van der Waals surface area contributed by atoms with Gasteiger partial charge in [0.1, 0.15) is 29.0 Å². The average Bonchev–Trinajstić information content (AvgIpc) is 3.30. The zero-order chi connectivity index (χ0) is 26.1. The third kappa shape index (κ3) is 4.88. The number of carboxylic acids is 1. The molecule has 0 unspecified atom stereocenters. The summed E-state index contributed by atoms with van der Waals surface area (Å²) in [4.78, 5) is 20.4. The molecule has 0 aliphatic heterocycles. The topological polar surface area (TPSA) is 98.3 Å². The van der Waals surface area contributed by atoms with Gasteiger partial charge in [0, 0.05) is 23.1 Å². The second-order valence-electron chi connectivity index (χ2n) is 8.68. The normalized spacial score (nSPS) is 11.3. The van der Waals surface area contributed by atoms with E-state index in [1.54, 1.807) is 36.4 Å². The number of nitrogens with zero attached hydrogens (tertiary/aromatic N) is 3. The summed E-state index contributed by atoms with van der Waals surface area (Å²) in [6, 6.07) is 18.1. The summed E-state index contributed by atoms with van der Waals surface area (Å²) < 4.78 is 11.7. The van der Waals surface area contributed by atoms with Gasteiger partial charge in [-0.2, -0.15) is 0 Å². The molecule has 0 aliphatic carbocycles. The van der Waals surface area contributed by atoms with Crippen LogP contribution in [0.25, 0.3) is 33.3 Å². The minimum absolute atomic E-state index is 0.00622. The van der Waals surface area contributed by atoms with E-state index in [-0.39, 0.29) is 23.4 Å². The minimum Gasteiger partial charge on any atom is -0.489 e. The molecular formula is C28H21Cl2N3O4. The molecule has 5 aromatic rings. The molecule has 0 atom stereocenters. The van der Waals surface area contributed by atoms with E-state index in [1.165, 1.54) is 6.20 Å². The highest BCUT2D eigenvalue weighted by Gasteiger charge is 2.24. The Morgan fingerprint density at radius 3 is 2.54 bits per heavy atom. The van der Waals surface area contributed by atoms with Crippen molar-refractivity contribution in [2.75, 3.05) is 0 Å². The van der Waals surface area contributed by atoms with Crippen molar-refractivity contribution in [3.8, 4) is 28.1 Å². The summed E-state index contributed by atoms with van der Waals surface area (Å²) in [5, 5.41) is 15.4. The SMILES string of the molecule is CC(C)c1onc(-c2c(Cl)ccnc2Cl)c1COc1ccc(-c2cc3ccccc3nc2C(=O)O)cc1. The van der Waals surface area contributed by atoms with E-state index < -0.39 is 5.97 Å². The molecule has 1 N–H and O–H groups in total. The van der Waals surface area contributed by atoms with Gasteiger partial charge in [-0.3, -0.25) is 0 Å². The highest BCUT2D eigenvalue weighted by atomic mass is 35.5. The van der Waals surface area contributed by atoms with Gasteiger partial charge < -0.3 is 14.4 Å². The Morgan fingerprint density at radius 2 is 1.84 bits per heavy atom. The van der Waals surface area contributed by atoms with Gasteiger partial charge in [0.25, 0.3) is 0 Å². The Hall–Kier alpha value is -3.94. The summed E-state index contributed by atoms with van der Waals surface area (Å²) in [6.07, 6.45) is 1.52. The van der Waals surface area contributed by atoms with E-state index in [0.717, 1.165) is 10.9 Å². The van der Waals surface area contributed by atoms with Gasteiger partial charge in [0.15, 0.2) is 5.69 Å². The molecule has 0 fully saturated rings. The van der Waals surface area contributed by atoms with Gasteiger partial charge in [-0.05, 0) is 35.9 Å². The van der Waals surface area contributed by atoms with E-state index in [4.69, 9.17) is 32.5 Å². The number of carboxylic acid groups (broad SMARTS) is 1. The molecule has 0 saturated heterocycles. The van der Waals surface area contributed by atoms with E-state index in [9.17, 15) is 9.90 Å². The molecule has 3 heterocycles. The number of hydrogen-bond donors (Lipinski definition) is 1. The van der Waals surface area contributed by atoms with Crippen LogP contribution in [0.3, 0.4) is 0 Å². The van der Waals surface area contributed by atoms with E-state index in [2.05, 4.69) is 15.1 Å². The highest BCUT2D eigenvalue weighted by Crippen LogP contribution is 2.38. The van der Waals surface area contributed by atoms with Crippen molar-refractivity contribution >= 4 is 40.1 Å². The maximum absolute atomic E-state index is 11.9. The van der Waals surface area contributed by atoms with Crippen molar-refractivity contribution in [3.63, 3.8) is 0 Å². The molecule has 0 spiro atoms. The van der Waals surface area contributed by atoms with Crippen LogP contribution in [0.2, 0.25) is 10.2 Å². The first-order chi connectivity index (χ1) is 17.8. The summed E-state index contributed by atoms with van der Waals surface area (Å²) in [5.74, 6) is 0.205. The summed E-state index contributed by atoms with van der Waals surface area (Å²) in [7, 11) is 0. The van der Waals surface area contributed by atoms with Crippen molar-refractivity contribution in [1.29, 1.82) is 0 Å². The second-order valence-corrected chi connectivity index (χ2v) is 9.45. The van der Waals surface area contributed by atoms with E-state index >= 15 is 0 Å². The lowest BCUT2D eigenvalue weighted by atomic mass is 10.0. The van der Waals surface area contributed by atoms with Gasteiger partial charge in [-0.15, -0.1) is 0 Å². The summed E-state index contributed by atoms with van der Waals surface area (Å²) in [6.45, 7) is 4.14. The predicted molar refractivity (Wildman–Crippen MR) is 142 cm³/mol. The van der Waals surface area contributed by atoms with Crippen LogP contribution in [0.4, 0.5) is 0 Å². The van der Waals surface area contributed by atoms with Crippen molar-refractivity contribution in [1.82, 2.24) is 15.1 Å². The lowest BCUT2D eigenvalue weighted by molar-refractivity contribution is 0.0692. The standard InChI is InChI=1S/C28H21Cl2N3O4/c1-15(2)26-20(24(33-37-26)23-21(29)11-12-31-27(23)30)14-36-18-9-7-16(8-10-18)19-13-17-5-3-4-6-22(17)32-25(19)28(34)35/h3-13,15H,14H2,1-2H3,(H,34,35). The van der Waals surface area contributed by atoms with Gasteiger partial charge in [0.05, 0.1) is 21.7 Å². The van der Waals surface area contributed by atoms with Crippen LogP contribution >= 0.6 is 23.2 Å². The number of aromatic nitrogens is 3. The van der Waals surface area contributed by atoms with Crippen LogP contribution in [0.1, 0.15) is 41.6 Å². The van der Waals surface area contributed by atoms with Gasteiger partial charge >= 0.3 is 5.97 Å². The van der Waals surface area contributed by atoms with E-state index in [1.807, 2.05) is 38.1 Å². The minimum atomic E-state index is -1.09. The number of fused-ring (bicyclic) bond motifs is 1. The lowest BCUT2D eigenvalue weighted by Crippen LogP contribution is -2.04. The smallest absolute Gasteiger partial charge is 0.355 e. The van der Waals surface area contributed by atoms with Gasteiger partial charge in [-0.1, -0.05) is 72.5 Å². The van der Waals surface area contributed by atoms with Crippen molar-refractivity contribution in [2.24, 2.45) is 0 Å². The van der Waals surface area contributed by atoms with Gasteiger partial charge in [-0.25, -0.2) is 14.8 Å². The maximum Gasteiger partial charge on any atom is 0.355 e. The molecule has 3 aromatic heterocycles. The number of pyridine rings is 2. The molecule has 0 saturated carbocycles. The monoisotopic (exact) mass is 533 g/mol. The zero-order valence-corrected chi connectivity index (χ0v) is 21.4. The Labute approximate surface area is 222 Å². The fraction of sp³-hybridized carbons (Fsp3) is 0.143. The first-order valence-corrected chi connectivity index (χ1v) is 12.2. The molecule has 9 heteroatoms. The third-order valence-corrected chi connectivity index (χ3v) is 6.51. The molecule has 2 aromatic carbocycles. The van der Waals surface area contributed by atoms with Crippen LogP contribution in [-0.4, -0.2) is 26.2 Å². The zero-order valence-electron chi connectivity index (χ0n) is 19.9. The lowest BCUT2D eigenvalue weighted by Gasteiger charge is -2.12. The average molecular weight is 534 g/mol. The third-order valence-electron chi connectivity index (χ3n) is 5.91. The van der Waals surface area contributed by atoms with Crippen LogP contribution in [0.5, 0.6) is 5.75 Å². The Morgan fingerprint density at radius 1 is 1.08 bits per heavy atom. The Balaban J connectivity index is 1.45. The van der Waals surface area contributed by atoms with Crippen LogP contribution in [0.15, 0.2) is 71.4 Å². The largest absolute Gasteiger partial charge is 0.489 e. The Kier molecular flexibility index (Phi) is 6.82. The molecule has 0 aliphatic rings. The molecule has 0 bridgehead atoms. The first-order valence-electron chi connectivity index (χ1n) is 11.5. The highest BCUT2D eigenvalue weighted by molar-refractivity contribution is 6.38. The molecule has 186 valence electrons. The first kappa shape index (κ1) is 24.7. The van der Waals surface area contributed by atoms with Gasteiger partial charge in [0.2, 0.25) is 0 Å². The fourth-order valence-electron chi connectivity index (χ4n) is 4.12. The summed E-state index contributed by atoms with van der Waals surface area (Å²) in [5.41, 5.74) is 3.56. The Bertz CT molecular complexity index is 1590. The molecule has 7 nitrogen and oxygen atoms in total. The number of carbonyl (C=O) groups is 1. The number of halogens is 2. The quantitative estimate of drug-likeness (QED) is 0.214. The molecule has 37 heavy (non-hydrogen) atoms. The van der Waals surface area contributed by atoms with Crippen molar-refractivity contribution < 1.29 is 19.2 Å². The van der Waals surface area contributed by atoms with Crippen molar-refractivity contribution in [2.45, 2.75) is 26.4 Å². The maximum atomic E-state index is 11.9. The molecule has 0 amide bonds. The number of rotatable bonds is 7. The fourth-order valence-corrected chi connectivity index (χ4v) is 4.65. The number of ether oxygens (including phenoxy) is 1. The van der Waals surface area contributed by atoms with Crippen LogP contribution in [0, 0.1) is 0 Å². The number of benzene rings is 2. The predicted octanol–water partition coefficient (Wildman–Crippen LogP) is 7.66. The van der Waals surface area contributed by atoms with E-state index in [0.29, 0.717) is 44.4 Å². The van der Waals surface area contributed by atoms with Crippen LogP contribution < -0.4 is 4.74 Å². The number of para-hydroxylation sites is 1. The molecule has 0 radical (unpaired) electrons.